The van der Waals surface area contributed by atoms with E-state index in [1.807, 2.05) is 0 Å². The van der Waals surface area contributed by atoms with E-state index < -0.39 is 30.0 Å². The van der Waals surface area contributed by atoms with Crippen molar-refractivity contribution in [2.45, 2.75) is 9.79 Å². The summed E-state index contributed by atoms with van der Waals surface area (Å²) in [7, 11) is -9.53. The minimum Gasteiger partial charge on any atom is -0.289 e. The quantitative estimate of drug-likeness (QED) is 0.617. The molecule has 0 fully saturated rings. The number of allylic oxidation sites excluding steroid dienone is 2. The van der Waals surface area contributed by atoms with Crippen molar-refractivity contribution in [3.8, 4) is 0 Å². The molecule has 0 unspecified atom stereocenters. The fourth-order valence-electron chi connectivity index (χ4n) is 1.69. The molecule has 1 aromatic rings. The first-order valence-corrected chi connectivity index (χ1v) is 7.56. The van der Waals surface area contributed by atoms with Crippen molar-refractivity contribution in [2.24, 2.45) is 0 Å². The van der Waals surface area contributed by atoms with Gasteiger partial charge >= 0.3 is 0 Å². The van der Waals surface area contributed by atoms with Gasteiger partial charge in [-0.2, -0.15) is 14.5 Å². The van der Waals surface area contributed by atoms with Crippen LogP contribution < -0.4 is 0 Å². The first kappa shape index (κ1) is 13.0. The monoisotopic (exact) mass is 288 g/mol. The standard InChI is InChI=1S/C10H8O6S2/c11-17(12,13)9-6-5-7-3-1-2-4-8(7)10(9)18(14,15)16/h1-6H,(H,11,12,13)(H,14,15,16)/q-2. The van der Waals surface area contributed by atoms with Crippen molar-refractivity contribution < 1.29 is 25.9 Å². The zero-order chi connectivity index (χ0) is 13.6. The molecule has 1 aliphatic rings. The largest absolute Gasteiger partial charge is 0.289 e. The summed E-state index contributed by atoms with van der Waals surface area (Å²) in [6, 6.07) is 2.27. The SMILES string of the molecule is O=S(=O)(O)c1ccc2c(c1S(=O)(=O)O)[CH-]C=C[CH-]2. The molecule has 0 bridgehead atoms. The Balaban J connectivity index is 2.89. The molecule has 1 aliphatic carbocycles. The Hall–Kier alpha value is -1.48. The fraction of sp³-hybridized carbons (Fsp3) is 0. The van der Waals surface area contributed by atoms with E-state index in [1.54, 1.807) is 12.5 Å². The highest BCUT2D eigenvalue weighted by atomic mass is 32.2. The highest BCUT2D eigenvalue weighted by Gasteiger charge is 2.20. The van der Waals surface area contributed by atoms with E-state index in [1.165, 1.54) is 18.6 Å². The summed E-state index contributed by atoms with van der Waals surface area (Å²) in [5.41, 5.74) is 0.452. The number of hydrogen-bond donors (Lipinski definition) is 2. The van der Waals surface area contributed by atoms with Gasteiger partial charge in [0.05, 0.1) is 4.90 Å². The van der Waals surface area contributed by atoms with E-state index >= 15 is 0 Å². The molecule has 18 heavy (non-hydrogen) atoms. The Morgan fingerprint density at radius 1 is 0.889 bits per heavy atom. The first-order valence-electron chi connectivity index (χ1n) is 4.68. The van der Waals surface area contributed by atoms with E-state index in [2.05, 4.69) is 0 Å². The number of hydrogen-bond acceptors (Lipinski definition) is 4. The van der Waals surface area contributed by atoms with Crippen LogP contribution in [-0.2, 0) is 20.2 Å². The van der Waals surface area contributed by atoms with Crippen LogP contribution in [0.25, 0.3) is 0 Å². The zero-order valence-corrected chi connectivity index (χ0v) is 10.4. The molecule has 6 nitrogen and oxygen atoms in total. The van der Waals surface area contributed by atoms with Gasteiger partial charge in [-0.3, -0.25) is 9.11 Å². The molecule has 0 atom stereocenters. The summed E-state index contributed by atoms with van der Waals surface area (Å²) < 4.78 is 63.0. The molecule has 0 aliphatic heterocycles. The summed E-state index contributed by atoms with van der Waals surface area (Å²) in [5.74, 6) is 0. The summed E-state index contributed by atoms with van der Waals surface area (Å²) >= 11 is 0. The van der Waals surface area contributed by atoms with Gasteiger partial charge in [0.15, 0.2) is 0 Å². The number of rotatable bonds is 2. The predicted octanol–water partition coefficient (Wildman–Crippen LogP) is 0.855. The Kier molecular flexibility index (Phi) is 2.90. The smallest absolute Gasteiger partial charge is 0.285 e. The van der Waals surface area contributed by atoms with E-state index in [0.29, 0.717) is 5.56 Å². The molecular weight excluding hydrogens is 280 g/mol. The van der Waals surface area contributed by atoms with Gasteiger partial charge in [0, 0.05) is 0 Å². The molecule has 0 saturated heterocycles. The van der Waals surface area contributed by atoms with Crippen molar-refractivity contribution in [1.82, 2.24) is 0 Å². The maximum atomic E-state index is 11.3. The second-order valence-electron chi connectivity index (χ2n) is 3.56. The summed E-state index contributed by atoms with van der Waals surface area (Å²) in [6.07, 6.45) is 6.01. The molecule has 0 spiro atoms. The maximum Gasteiger partial charge on any atom is 0.285 e. The number of benzene rings is 1. The lowest BCUT2D eigenvalue weighted by Gasteiger charge is -2.30. The third-order valence-corrected chi connectivity index (χ3v) is 4.36. The molecule has 0 amide bonds. The Bertz CT molecular complexity index is 728. The fourth-order valence-corrected chi connectivity index (χ4v) is 3.69. The van der Waals surface area contributed by atoms with Crippen LogP contribution in [0.2, 0.25) is 0 Å². The van der Waals surface area contributed by atoms with Crippen LogP contribution in [0.1, 0.15) is 11.1 Å². The Morgan fingerprint density at radius 2 is 1.50 bits per heavy atom. The van der Waals surface area contributed by atoms with Crippen molar-refractivity contribution >= 4 is 20.2 Å². The third kappa shape index (κ3) is 2.23. The van der Waals surface area contributed by atoms with Gasteiger partial charge in [0.25, 0.3) is 20.2 Å². The third-order valence-electron chi connectivity index (χ3n) is 2.38. The van der Waals surface area contributed by atoms with Crippen molar-refractivity contribution in [3.05, 3.63) is 48.3 Å². The molecule has 0 saturated carbocycles. The minimum absolute atomic E-state index is 0.0233. The predicted molar refractivity (Wildman–Crippen MR) is 62.0 cm³/mol. The van der Waals surface area contributed by atoms with Crippen molar-refractivity contribution in [1.29, 1.82) is 0 Å². The van der Waals surface area contributed by atoms with Crippen LogP contribution in [-0.4, -0.2) is 25.9 Å². The first-order chi connectivity index (χ1) is 8.21. The van der Waals surface area contributed by atoms with Gasteiger partial charge in [-0.15, -0.1) is 6.07 Å². The van der Waals surface area contributed by atoms with Gasteiger partial charge in [0.2, 0.25) is 0 Å². The second kappa shape index (κ2) is 4.02. The van der Waals surface area contributed by atoms with Crippen LogP contribution in [0.15, 0.2) is 34.1 Å². The average Bonchev–Trinajstić information content (AvgIpc) is 2.24. The van der Waals surface area contributed by atoms with E-state index in [4.69, 9.17) is 9.11 Å². The molecule has 0 heterocycles. The lowest BCUT2D eigenvalue weighted by molar-refractivity contribution is 0.466. The summed E-state index contributed by atoms with van der Waals surface area (Å²) in [6.45, 7) is 0. The van der Waals surface area contributed by atoms with Crippen LogP contribution in [0, 0.1) is 12.8 Å². The summed E-state index contributed by atoms with van der Waals surface area (Å²) in [4.78, 5) is -1.66. The van der Waals surface area contributed by atoms with Crippen LogP contribution in [0.5, 0.6) is 0 Å². The average molecular weight is 288 g/mol. The van der Waals surface area contributed by atoms with Gasteiger partial charge in [-0.1, -0.05) is 0 Å². The molecule has 0 radical (unpaired) electrons. The molecule has 2 rings (SSSR count). The van der Waals surface area contributed by atoms with Gasteiger partial charge in [-0.25, -0.2) is 44.5 Å². The maximum absolute atomic E-state index is 11.3. The second-order valence-corrected chi connectivity index (χ2v) is 6.31. The summed E-state index contributed by atoms with van der Waals surface area (Å²) in [5, 5.41) is 0. The van der Waals surface area contributed by atoms with Crippen LogP contribution in [0.4, 0.5) is 0 Å². The normalized spacial score (nSPS) is 14.6. The van der Waals surface area contributed by atoms with Crippen LogP contribution in [0.3, 0.4) is 0 Å². The van der Waals surface area contributed by atoms with E-state index in [0.717, 1.165) is 6.07 Å². The van der Waals surface area contributed by atoms with E-state index in [-0.39, 0.29) is 5.56 Å². The topological polar surface area (TPSA) is 109 Å². The molecule has 8 heteroatoms. The molecule has 1 aromatic carbocycles. The van der Waals surface area contributed by atoms with Crippen LogP contribution >= 0.6 is 0 Å². The lowest BCUT2D eigenvalue weighted by Crippen LogP contribution is -2.13. The molecular formula is C10H8O6S2-2. The van der Waals surface area contributed by atoms with E-state index in [9.17, 15) is 16.8 Å². The number of fused-ring (bicyclic) bond motifs is 1. The zero-order valence-electron chi connectivity index (χ0n) is 8.81. The minimum atomic E-state index is -4.78. The van der Waals surface area contributed by atoms with Crippen molar-refractivity contribution in [2.75, 3.05) is 0 Å². The molecule has 2 N–H and O–H groups in total. The lowest BCUT2D eigenvalue weighted by atomic mass is 9.97. The van der Waals surface area contributed by atoms with Gasteiger partial charge < -0.3 is 0 Å². The Labute approximate surface area is 104 Å². The van der Waals surface area contributed by atoms with Crippen molar-refractivity contribution in [3.63, 3.8) is 0 Å². The molecule has 98 valence electrons. The van der Waals surface area contributed by atoms with Gasteiger partial charge in [0.1, 0.15) is 0 Å². The highest BCUT2D eigenvalue weighted by molar-refractivity contribution is 7.89. The molecule has 0 aromatic heterocycles. The Morgan fingerprint density at radius 3 is 2.06 bits per heavy atom. The highest BCUT2D eigenvalue weighted by Crippen LogP contribution is 2.31. The van der Waals surface area contributed by atoms with Gasteiger partial charge in [-0.05, 0) is 4.90 Å².